The summed E-state index contributed by atoms with van der Waals surface area (Å²) in [7, 11) is -7.59. The van der Waals surface area contributed by atoms with E-state index < -0.39 is 68.3 Å². The first-order chi connectivity index (χ1) is 13.1. The van der Waals surface area contributed by atoms with Gasteiger partial charge in [0.2, 0.25) is 0 Å². The summed E-state index contributed by atoms with van der Waals surface area (Å²) >= 11 is 0. The van der Waals surface area contributed by atoms with E-state index in [1.165, 1.54) is 0 Å². The van der Waals surface area contributed by atoms with Gasteiger partial charge in [0, 0.05) is 6.92 Å². The number of alkyl halides is 15. The quantitative estimate of drug-likeness (QED) is 0.224. The van der Waals surface area contributed by atoms with Crippen molar-refractivity contribution in [1.82, 2.24) is 0 Å². The first-order valence-electron chi connectivity index (χ1n) is 6.66. The largest absolute Gasteiger partial charge is 0.435 e. The molecule has 0 aliphatic rings. The van der Waals surface area contributed by atoms with Gasteiger partial charge in [-0.2, -0.15) is 61.5 Å². The zero-order valence-electron chi connectivity index (χ0n) is 14.1. The smallest absolute Gasteiger partial charge is 0.251 e. The molecular weight excluding hydrogens is 522 g/mol. The van der Waals surface area contributed by atoms with E-state index in [4.69, 9.17) is 0 Å². The van der Waals surface area contributed by atoms with Gasteiger partial charge < -0.3 is 0 Å². The fourth-order valence-corrected chi connectivity index (χ4v) is 2.43. The first-order valence-corrected chi connectivity index (χ1v) is 8.21. The molecule has 31 heavy (non-hydrogen) atoms. The molecule has 0 amide bonds. The lowest BCUT2D eigenvalue weighted by Crippen LogP contribution is -2.74. The van der Waals surface area contributed by atoms with E-state index in [-0.39, 0.29) is 0 Å². The Bertz CT molecular complexity index is 703. The third-order valence-corrected chi connectivity index (χ3v) is 5.46. The van der Waals surface area contributed by atoms with E-state index in [9.17, 15) is 79.5 Å². The van der Waals surface area contributed by atoms with Gasteiger partial charge in [0.05, 0.1) is 0 Å². The maximum atomic E-state index is 13.8. The molecule has 0 bridgehead atoms. The highest BCUT2D eigenvalue weighted by Gasteiger charge is 2.95. The number of rotatable bonds is 10. The Morgan fingerprint density at radius 2 is 0.710 bits per heavy atom. The van der Waals surface area contributed by atoms with Gasteiger partial charge in [-0.05, 0) is 16.0 Å². The SMILES string of the molecule is CC(F)(F)C(F)(F)C(F)(F)C(F)(F)C(F)(F)C(F)(F)C(F)(F)C(C)(F)P(=O)(OF)OF. The van der Waals surface area contributed by atoms with Gasteiger partial charge in [-0.15, -0.1) is 9.46 Å². The Morgan fingerprint density at radius 1 is 0.484 bits per heavy atom. The topological polar surface area (TPSA) is 35.5 Å². The van der Waals surface area contributed by atoms with Gasteiger partial charge in [0.25, 0.3) is 5.41 Å². The molecule has 0 spiro atoms. The third-order valence-electron chi connectivity index (χ3n) is 3.79. The van der Waals surface area contributed by atoms with Crippen LogP contribution in [0.5, 0.6) is 0 Å². The molecule has 0 aromatic rings. The third kappa shape index (κ3) is 3.55. The van der Waals surface area contributed by atoms with Crippen LogP contribution in [0.2, 0.25) is 0 Å². The highest BCUT2D eigenvalue weighted by Crippen LogP contribution is 2.72. The molecule has 0 saturated heterocycles. The van der Waals surface area contributed by atoms with Crippen LogP contribution >= 0.6 is 7.60 Å². The van der Waals surface area contributed by atoms with Crippen LogP contribution in [0.1, 0.15) is 13.8 Å². The van der Waals surface area contributed by atoms with E-state index in [0.717, 1.165) is 0 Å². The van der Waals surface area contributed by atoms with Crippen LogP contribution in [0.15, 0.2) is 0 Å². The average Bonchev–Trinajstić information content (AvgIpc) is 2.58. The summed E-state index contributed by atoms with van der Waals surface area (Å²) in [5, 5.41) is -6.42. The minimum Gasteiger partial charge on any atom is -0.251 e. The lowest BCUT2D eigenvalue weighted by molar-refractivity contribution is -0.444. The number of hydrogen-bond donors (Lipinski definition) is 0. The Hall–Kier alpha value is -1.04. The van der Waals surface area contributed by atoms with Crippen molar-refractivity contribution in [3.05, 3.63) is 0 Å². The second-order valence-electron chi connectivity index (χ2n) is 5.92. The minimum atomic E-state index is -8.59. The fraction of sp³-hybridized carbons (Fsp3) is 1.00. The molecular formula is C10H6F17O3P. The summed E-state index contributed by atoms with van der Waals surface area (Å²) in [6.45, 7) is -2.64. The molecule has 21 heteroatoms. The van der Waals surface area contributed by atoms with Gasteiger partial charge in [0.1, 0.15) is 0 Å². The number of hydrogen-bond acceptors (Lipinski definition) is 3. The van der Waals surface area contributed by atoms with E-state index in [1.54, 1.807) is 9.46 Å². The van der Waals surface area contributed by atoms with Crippen molar-refractivity contribution >= 4 is 7.60 Å². The van der Waals surface area contributed by atoms with E-state index >= 15 is 0 Å². The zero-order valence-corrected chi connectivity index (χ0v) is 15.0. The molecule has 0 fully saturated rings. The van der Waals surface area contributed by atoms with Gasteiger partial charge in [0.15, 0.2) is 0 Å². The van der Waals surface area contributed by atoms with Crippen molar-refractivity contribution in [2.24, 2.45) is 0 Å². The molecule has 0 N–H and O–H groups in total. The van der Waals surface area contributed by atoms with Gasteiger partial charge in [-0.1, -0.05) is 0 Å². The Kier molecular flexibility index (Phi) is 7.24. The molecule has 3 nitrogen and oxygen atoms in total. The maximum absolute atomic E-state index is 13.8. The summed E-state index contributed by atoms with van der Waals surface area (Å²) in [4.78, 5) is 0. The minimum absolute atomic E-state index is 1.27. The molecule has 1 atom stereocenters. The molecule has 0 radical (unpaired) electrons. The van der Waals surface area contributed by atoms with E-state index in [2.05, 4.69) is 0 Å². The standard InChI is InChI=1S/C10H6F17O3P/c1-3(11,12)5(14,15)7(18,19)9(22,23)10(24,25)8(20,21)6(16,17)4(2,13)31(28,29-26)30-27/h1-2H3. The normalized spacial score (nSPS) is 18.2. The second-order valence-corrected chi connectivity index (χ2v) is 8.03. The van der Waals surface area contributed by atoms with Gasteiger partial charge in [-0.25, -0.2) is 4.39 Å². The predicted molar refractivity (Wildman–Crippen MR) is 61.8 cm³/mol. The zero-order chi connectivity index (χ0) is 25.9. The highest BCUT2D eigenvalue weighted by atomic mass is 31.2. The summed E-state index contributed by atoms with van der Waals surface area (Å²) in [6.07, 6.45) is 0. The van der Waals surface area contributed by atoms with Crippen LogP contribution in [0.3, 0.4) is 0 Å². The molecule has 0 rings (SSSR count). The summed E-state index contributed by atoms with van der Waals surface area (Å²) in [6, 6.07) is 0. The van der Waals surface area contributed by atoms with Crippen molar-refractivity contribution in [3.8, 4) is 0 Å². The second kappa shape index (κ2) is 7.50. The molecule has 0 aromatic heterocycles. The van der Waals surface area contributed by atoms with Crippen LogP contribution in [0.4, 0.5) is 74.9 Å². The molecule has 0 aliphatic heterocycles. The summed E-state index contributed by atoms with van der Waals surface area (Å²) in [5.74, 6) is -55.6. The molecule has 0 saturated carbocycles. The van der Waals surface area contributed by atoms with Crippen molar-refractivity contribution in [2.75, 3.05) is 0 Å². The molecule has 0 aromatic carbocycles. The molecule has 0 heterocycles. The van der Waals surface area contributed by atoms with Crippen molar-refractivity contribution < 1.29 is 88.9 Å². The Morgan fingerprint density at radius 3 is 0.935 bits per heavy atom. The number of halogens is 17. The van der Waals surface area contributed by atoms with E-state index in [0.29, 0.717) is 0 Å². The average molecular weight is 528 g/mol. The Balaban J connectivity index is 6.95. The lowest BCUT2D eigenvalue weighted by Gasteiger charge is -2.44. The van der Waals surface area contributed by atoms with E-state index in [1.807, 2.05) is 0 Å². The fourth-order valence-electron chi connectivity index (χ4n) is 1.66. The van der Waals surface area contributed by atoms with Crippen LogP contribution in [0, 0.1) is 0 Å². The van der Waals surface area contributed by atoms with Gasteiger partial charge in [-0.3, -0.25) is 4.57 Å². The van der Waals surface area contributed by atoms with Crippen molar-refractivity contribution in [2.45, 2.75) is 60.7 Å². The van der Waals surface area contributed by atoms with Crippen LogP contribution in [0.25, 0.3) is 0 Å². The van der Waals surface area contributed by atoms with Crippen LogP contribution in [-0.4, -0.2) is 46.9 Å². The maximum Gasteiger partial charge on any atom is 0.435 e. The summed E-state index contributed by atoms with van der Waals surface area (Å²) in [5.41, 5.74) is 0. The predicted octanol–water partition coefficient (Wildman–Crippen LogP) is 7.13. The van der Waals surface area contributed by atoms with Crippen LogP contribution in [-0.2, 0) is 14.0 Å². The highest BCUT2D eigenvalue weighted by molar-refractivity contribution is 7.55. The monoisotopic (exact) mass is 528 g/mol. The molecule has 188 valence electrons. The molecule has 1 unspecified atom stereocenters. The first kappa shape index (κ1) is 30.0. The summed E-state index contributed by atoms with van der Waals surface area (Å²) < 4.78 is 237. The van der Waals surface area contributed by atoms with Crippen molar-refractivity contribution in [1.29, 1.82) is 0 Å². The molecule has 0 aliphatic carbocycles. The lowest BCUT2D eigenvalue weighted by atomic mass is 9.88. The van der Waals surface area contributed by atoms with Crippen LogP contribution < -0.4 is 0 Å². The van der Waals surface area contributed by atoms with Gasteiger partial charge >= 0.3 is 49.1 Å². The van der Waals surface area contributed by atoms with Crippen molar-refractivity contribution in [3.63, 3.8) is 0 Å². The Labute approximate surface area is 158 Å².